The molecule has 0 spiro atoms. The number of fused-ring (bicyclic) bond motifs is 1. The van der Waals surface area contributed by atoms with Crippen LogP contribution < -0.4 is 18.9 Å². The first-order valence-electron chi connectivity index (χ1n) is 13.0. The molecule has 9 heteroatoms. The molecule has 3 heterocycles. The number of hydrogen-bond donors (Lipinski definition) is 0. The van der Waals surface area contributed by atoms with Gasteiger partial charge in [-0.2, -0.15) is 0 Å². The zero-order valence-electron chi connectivity index (χ0n) is 22.3. The van der Waals surface area contributed by atoms with Crippen molar-refractivity contribution < 1.29 is 28.2 Å². The highest BCUT2D eigenvalue weighted by Crippen LogP contribution is 2.33. The van der Waals surface area contributed by atoms with E-state index in [0.717, 1.165) is 61.1 Å². The first-order chi connectivity index (χ1) is 18.6. The van der Waals surface area contributed by atoms with Gasteiger partial charge < -0.3 is 33.2 Å². The molecule has 1 amide bonds. The summed E-state index contributed by atoms with van der Waals surface area (Å²) in [5.74, 6) is 3.96. The van der Waals surface area contributed by atoms with E-state index in [1.165, 1.54) is 0 Å². The molecule has 9 nitrogen and oxygen atoms in total. The number of likely N-dealkylation sites (N-methyl/N-ethyl adjacent to an activating group) is 1. The molecule has 202 valence electrons. The van der Waals surface area contributed by atoms with Gasteiger partial charge in [-0.25, -0.2) is 0 Å². The number of carbonyl (C=O) groups is 1. The summed E-state index contributed by atoms with van der Waals surface area (Å²) < 4.78 is 28.0. The van der Waals surface area contributed by atoms with Crippen LogP contribution in [0, 0.1) is 0 Å². The first kappa shape index (κ1) is 25.9. The smallest absolute Gasteiger partial charge is 0.289 e. The SMILES string of the molecule is CCN1CCN(C(=O)c2ccc(CN(Cc3ccc(OC)c(OC)c3)Cc3ccc4c(c3)OCO4)o2)CC1. The second-order valence-electron chi connectivity index (χ2n) is 9.51. The normalized spacial score (nSPS) is 15.2. The van der Waals surface area contributed by atoms with Crippen LogP contribution >= 0.6 is 0 Å². The van der Waals surface area contributed by atoms with Crippen LogP contribution in [0.25, 0.3) is 0 Å². The van der Waals surface area contributed by atoms with Crippen LogP contribution in [0.5, 0.6) is 23.0 Å². The zero-order valence-corrected chi connectivity index (χ0v) is 22.3. The van der Waals surface area contributed by atoms with E-state index in [-0.39, 0.29) is 12.7 Å². The third-order valence-corrected chi connectivity index (χ3v) is 7.06. The summed E-state index contributed by atoms with van der Waals surface area (Å²) in [7, 11) is 3.26. The van der Waals surface area contributed by atoms with Gasteiger partial charge in [0.1, 0.15) is 5.76 Å². The van der Waals surface area contributed by atoms with Crippen molar-refractivity contribution >= 4 is 5.91 Å². The number of methoxy groups -OCH3 is 2. The fourth-order valence-electron chi connectivity index (χ4n) is 4.92. The monoisotopic (exact) mass is 521 g/mol. The van der Waals surface area contributed by atoms with E-state index in [1.54, 1.807) is 20.3 Å². The van der Waals surface area contributed by atoms with Gasteiger partial charge in [-0.15, -0.1) is 0 Å². The summed E-state index contributed by atoms with van der Waals surface area (Å²) in [5, 5.41) is 0. The highest BCUT2D eigenvalue weighted by molar-refractivity contribution is 5.91. The summed E-state index contributed by atoms with van der Waals surface area (Å²) >= 11 is 0. The molecular formula is C29H35N3O6. The van der Waals surface area contributed by atoms with Crippen LogP contribution in [-0.2, 0) is 19.6 Å². The maximum absolute atomic E-state index is 13.1. The van der Waals surface area contributed by atoms with E-state index in [4.69, 9.17) is 23.4 Å². The van der Waals surface area contributed by atoms with Gasteiger partial charge in [-0.3, -0.25) is 9.69 Å². The van der Waals surface area contributed by atoms with Gasteiger partial charge >= 0.3 is 0 Å². The second kappa shape index (κ2) is 11.8. The Bertz CT molecular complexity index is 1250. The lowest BCUT2D eigenvalue weighted by Crippen LogP contribution is -2.48. The average Bonchev–Trinajstić information content (AvgIpc) is 3.62. The maximum Gasteiger partial charge on any atom is 0.289 e. The number of benzene rings is 2. The summed E-state index contributed by atoms with van der Waals surface area (Å²) in [6, 6.07) is 15.6. The largest absolute Gasteiger partial charge is 0.493 e. The highest BCUT2D eigenvalue weighted by Gasteiger charge is 2.24. The fourth-order valence-corrected chi connectivity index (χ4v) is 4.92. The van der Waals surface area contributed by atoms with E-state index >= 15 is 0 Å². The molecule has 0 N–H and O–H groups in total. The number of nitrogens with zero attached hydrogens (tertiary/aromatic N) is 3. The van der Waals surface area contributed by atoms with Crippen molar-refractivity contribution in [2.24, 2.45) is 0 Å². The van der Waals surface area contributed by atoms with Gasteiger partial charge in [-0.1, -0.05) is 19.1 Å². The van der Waals surface area contributed by atoms with E-state index < -0.39 is 0 Å². The number of piperazine rings is 1. The standard InChI is InChI=1S/C29H35N3O6/c1-4-30-11-13-32(14-12-30)29(33)26-10-7-23(38-26)19-31(17-21-5-8-24(34-2)27(15-21)35-3)18-22-6-9-25-28(16-22)37-20-36-25/h5-10,15-16H,4,11-14,17-20H2,1-3H3. The van der Waals surface area contributed by atoms with Crippen LogP contribution in [0.4, 0.5) is 0 Å². The molecule has 2 aliphatic heterocycles. The van der Waals surface area contributed by atoms with Crippen LogP contribution in [0.3, 0.4) is 0 Å². The Kier molecular flexibility index (Phi) is 8.05. The number of rotatable bonds is 10. The second-order valence-corrected chi connectivity index (χ2v) is 9.51. The molecule has 1 fully saturated rings. The van der Waals surface area contributed by atoms with Gasteiger partial charge in [0.05, 0.1) is 20.8 Å². The highest BCUT2D eigenvalue weighted by atomic mass is 16.7. The molecule has 0 saturated carbocycles. The molecule has 38 heavy (non-hydrogen) atoms. The van der Waals surface area contributed by atoms with E-state index in [1.807, 2.05) is 47.4 Å². The molecule has 2 aromatic carbocycles. The van der Waals surface area contributed by atoms with Crippen molar-refractivity contribution in [1.82, 2.24) is 14.7 Å². The molecule has 0 radical (unpaired) electrons. The Labute approximate surface area is 223 Å². The Morgan fingerprint density at radius 3 is 2.29 bits per heavy atom. The van der Waals surface area contributed by atoms with Crippen molar-refractivity contribution in [2.75, 3.05) is 53.7 Å². The van der Waals surface area contributed by atoms with Gasteiger partial charge in [0.2, 0.25) is 6.79 Å². The Morgan fingerprint density at radius 2 is 1.55 bits per heavy atom. The average molecular weight is 522 g/mol. The van der Waals surface area contributed by atoms with Crippen molar-refractivity contribution in [3.05, 3.63) is 71.2 Å². The van der Waals surface area contributed by atoms with E-state index in [2.05, 4.69) is 16.7 Å². The summed E-state index contributed by atoms with van der Waals surface area (Å²) in [6.07, 6.45) is 0. The van der Waals surface area contributed by atoms with Crippen molar-refractivity contribution in [3.8, 4) is 23.0 Å². The summed E-state index contributed by atoms with van der Waals surface area (Å²) in [4.78, 5) is 19.5. The van der Waals surface area contributed by atoms with Crippen molar-refractivity contribution in [3.63, 3.8) is 0 Å². The molecule has 0 bridgehead atoms. The number of furan rings is 1. The van der Waals surface area contributed by atoms with Crippen molar-refractivity contribution in [2.45, 2.75) is 26.6 Å². The van der Waals surface area contributed by atoms with Crippen LogP contribution in [0.2, 0.25) is 0 Å². The minimum atomic E-state index is -0.0470. The number of ether oxygens (including phenoxy) is 4. The van der Waals surface area contributed by atoms with E-state index in [9.17, 15) is 4.79 Å². The van der Waals surface area contributed by atoms with Gasteiger partial charge in [0, 0.05) is 39.3 Å². The molecule has 1 saturated heterocycles. The molecule has 0 unspecified atom stereocenters. The molecular weight excluding hydrogens is 486 g/mol. The Balaban J connectivity index is 1.32. The number of hydrogen-bond acceptors (Lipinski definition) is 8. The number of carbonyl (C=O) groups excluding carboxylic acids is 1. The molecule has 2 aliphatic rings. The lowest BCUT2D eigenvalue weighted by atomic mass is 10.1. The minimum Gasteiger partial charge on any atom is -0.493 e. The van der Waals surface area contributed by atoms with Crippen molar-refractivity contribution in [1.29, 1.82) is 0 Å². The predicted molar refractivity (Wildman–Crippen MR) is 142 cm³/mol. The third kappa shape index (κ3) is 5.89. The van der Waals surface area contributed by atoms with Gasteiger partial charge in [-0.05, 0) is 54.1 Å². The molecule has 0 atom stereocenters. The molecule has 3 aromatic rings. The van der Waals surface area contributed by atoms with Crippen LogP contribution in [0.1, 0.15) is 34.4 Å². The third-order valence-electron chi connectivity index (χ3n) is 7.06. The quantitative estimate of drug-likeness (QED) is 0.396. The molecule has 5 rings (SSSR count). The van der Waals surface area contributed by atoms with E-state index in [0.29, 0.717) is 36.9 Å². The lowest BCUT2D eigenvalue weighted by molar-refractivity contribution is 0.0608. The van der Waals surface area contributed by atoms with Gasteiger partial charge in [0.15, 0.2) is 28.8 Å². The zero-order chi connectivity index (χ0) is 26.5. The lowest BCUT2D eigenvalue weighted by Gasteiger charge is -2.33. The Morgan fingerprint density at radius 1 is 0.842 bits per heavy atom. The minimum absolute atomic E-state index is 0.0470. The van der Waals surface area contributed by atoms with Crippen LogP contribution in [-0.4, -0.2) is 74.3 Å². The number of amides is 1. The maximum atomic E-state index is 13.1. The summed E-state index contributed by atoms with van der Waals surface area (Å²) in [6.45, 7) is 8.43. The predicted octanol–water partition coefficient (Wildman–Crippen LogP) is 4.01. The van der Waals surface area contributed by atoms with Crippen LogP contribution in [0.15, 0.2) is 52.9 Å². The fraction of sp³-hybridized carbons (Fsp3) is 0.414. The molecule has 1 aromatic heterocycles. The summed E-state index contributed by atoms with van der Waals surface area (Å²) in [5.41, 5.74) is 2.16. The molecule has 0 aliphatic carbocycles. The topological polar surface area (TPSA) is 76.9 Å². The Hall–Kier alpha value is -3.69. The van der Waals surface area contributed by atoms with Gasteiger partial charge in [0.25, 0.3) is 5.91 Å². The first-order valence-corrected chi connectivity index (χ1v) is 13.0.